The van der Waals surface area contributed by atoms with Gasteiger partial charge in [0.25, 0.3) is 0 Å². The van der Waals surface area contributed by atoms with E-state index in [9.17, 15) is 4.79 Å². The van der Waals surface area contributed by atoms with Crippen molar-refractivity contribution in [2.75, 3.05) is 24.5 Å². The van der Waals surface area contributed by atoms with Crippen LogP contribution in [0.2, 0.25) is 0 Å². The fraction of sp³-hybridized carbons (Fsp3) is 0.389. The average molecular weight is 356 g/mol. The van der Waals surface area contributed by atoms with Gasteiger partial charge in [-0.25, -0.2) is 4.98 Å². The molecule has 1 saturated heterocycles. The summed E-state index contributed by atoms with van der Waals surface area (Å²) < 4.78 is 0. The Hall–Kier alpha value is -2.43. The second kappa shape index (κ2) is 8.10. The minimum atomic E-state index is -0.789. The van der Waals surface area contributed by atoms with Crippen LogP contribution in [0.1, 0.15) is 24.8 Å². The monoisotopic (exact) mass is 356 g/mol. The van der Waals surface area contributed by atoms with Gasteiger partial charge in [-0.05, 0) is 38.1 Å². The molecule has 2 aromatic rings. The number of nitrogens with one attached hydrogen (secondary N) is 1. The number of thiazole rings is 1. The molecule has 6 nitrogen and oxygen atoms in total. The fourth-order valence-corrected chi connectivity index (χ4v) is 3.95. The number of benzene rings is 1. The van der Waals surface area contributed by atoms with Crippen LogP contribution in [0.5, 0.6) is 0 Å². The van der Waals surface area contributed by atoms with Crippen molar-refractivity contribution >= 4 is 22.4 Å². The SMILES string of the molecule is N#Cc1ccc(-c2csc(N(CCC(=O)O)C3CCNCC3)n2)cc1. The molecule has 2 heterocycles. The average Bonchev–Trinajstić information content (AvgIpc) is 3.12. The first kappa shape index (κ1) is 17.4. The minimum absolute atomic E-state index is 0.107. The predicted molar refractivity (Wildman–Crippen MR) is 97.8 cm³/mol. The number of anilines is 1. The summed E-state index contributed by atoms with van der Waals surface area (Å²) in [5.74, 6) is -0.789. The van der Waals surface area contributed by atoms with Gasteiger partial charge in [0.2, 0.25) is 0 Å². The topological polar surface area (TPSA) is 89.2 Å². The molecule has 3 rings (SSSR count). The quantitative estimate of drug-likeness (QED) is 0.827. The van der Waals surface area contributed by atoms with E-state index in [1.807, 2.05) is 17.5 Å². The van der Waals surface area contributed by atoms with Gasteiger partial charge in [-0.15, -0.1) is 11.3 Å². The third-order valence-electron chi connectivity index (χ3n) is 4.36. The molecule has 0 spiro atoms. The first-order valence-electron chi connectivity index (χ1n) is 8.32. The van der Waals surface area contributed by atoms with Crippen LogP contribution in [-0.4, -0.2) is 41.7 Å². The van der Waals surface area contributed by atoms with Crippen molar-refractivity contribution in [3.63, 3.8) is 0 Å². The second-order valence-electron chi connectivity index (χ2n) is 6.02. The smallest absolute Gasteiger partial charge is 0.305 e. The standard InChI is InChI=1S/C18H20N4O2S/c19-11-13-1-3-14(4-2-13)16-12-25-18(21-16)22(10-7-17(23)24)15-5-8-20-9-6-15/h1-4,12,15,20H,5-10H2,(H,23,24). The molecule has 1 aliphatic heterocycles. The molecule has 130 valence electrons. The van der Waals surface area contributed by atoms with Gasteiger partial charge in [0, 0.05) is 23.5 Å². The third kappa shape index (κ3) is 4.35. The molecular formula is C18H20N4O2S. The molecule has 25 heavy (non-hydrogen) atoms. The number of hydrogen-bond donors (Lipinski definition) is 2. The van der Waals surface area contributed by atoms with Crippen LogP contribution in [0.25, 0.3) is 11.3 Å². The van der Waals surface area contributed by atoms with E-state index in [1.165, 1.54) is 0 Å². The molecule has 2 N–H and O–H groups in total. The van der Waals surface area contributed by atoms with Crippen LogP contribution < -0.4 is 10.2 Å². The lowest BCUT2D eigenvalue weighted by atomic mass is 10.1. The number of nitrogens with zero attached hydrogens (tertiary/aromatic N) is 3. The number of hydrogen-bond acceptors (Lipinski definition) is 6. The molecule has 1 aliphatic rings. The molecule has 0 aliphatic carbocycles. The van der Waals surface area contributed by atoms with Crippen LogP contribution >= 0.6 is 11.3 Å². The molecule has 0 atom stereocenters. The molecule has 0 amide bonds. The first-order chi connectivity index (χ1) is 12.2. The number of aliphatic carboxylic acids is 1. The van der Waals surface area contributed by atoms with Crippen molar-refractivity contribution in [1.82, 2.24) is 10.3 Å². The van der Waals surface area contributed by atoms with Crippen molar-refractivity contribution < 1.29 is 9.90 Å². The van der Waals surface area contributed by atoms with Crippen molar-refractivity contribution in [3.8, 4) is 17.3 Å². The van der Waals surface area contributed by atoms with E-state index in [0.717, 1.165) is 42.3 Å². The van der Waals surface area contributed by atoms with Crippen molar-refractivity contribution in [1.29, 1.82) is 5.26 Å². The highest BCUT2D eigenvalue weighted by Gasteiger charge is 2.24. The van der Waals surface area contributed by atoms with Gasteiger partial charge in [0.15, 0.2) is 5.13 Å². The lowest BCUT2D eigenvalue weighted by molar-refractivity contribution is -0.136. The van der Waals surface area contributed by atoms with Gasteiger partial charge < -0.3 is 15.3 Å². The van der Waals surface area contributed by atoms with Crippen LogP contribution in [0.15, 0.2) is 29.6 Å². The Bertz CT molecular complexity index is 760. The number of aromatic nitrogens is 1. The molecule has 1 aromatic carbocycles. The van der Waals surface area contributed by atoms with E-state index < -0.39 is 5.97 Å². The number of carboxylic acids is 1. The van der Waals surface area contributed by atoms with Crippen LogP contribution in [-0.2, 0) is 4.79 Å². The van der Waals surface area contributed by atoms with Crippen molar-refractivity contribution in [2.45, 2.75) is 25.3 Å². The highest BCUT2D eigenvalue weighted by Crippen LogP contribution is 2.30. The van der Waals surface area contributed by atoms with E-state index in [1.54, 1.807) is 23.5 Å². The van der Waals surface area contributed by atoms with E-state index >= 15 is 0 Å². The maximum Gasteiger partial charge on any atom is 0.305 e. The van der Waals surface area contributed by atoms with Crippen molar-refractivity contribution in [2.24, 2.45) is 0 Å². The van der Waals surface area contributed by atoms with E-state index in [4.69, 9.17) is 15.4 Å². The number of piperidine rings is 1. The molecule has 1 fully saturated rings. The molecule has 0 saturated carbocycles. The Kier molecular flexibility index (Phi) is 5.64. The predicted octanol–water partition coefficient (Wildman–Crippen LogP) is 2.71. The van der Waals surface area contributed by atoms with Gasteiger partial charge in [-0.3, -0.25) is 4.79 Å². The highest BCUT2D eigenvalue weighted by molar-refractivity contribution is 7.14. The summed E-state index contributed by atoms with van der Waals surface area (Å²) in [4.78, 5) is 17.9. The Labute approximate surface area is 150 Å². The number of nitriles is 1. The minimum Gasteiger partial charge on any atom is -0.481 e. The first-order valence-corrected chi connectivity index (χ1v) is 9.20. The maximum absolute atomic E-state index is 11.0. The fourth-order valence-electron chi connectivity index (χ4n) is 3.01. The number of rotatable bonds is 6. The highest BCUT2D eigenvalue weighted by atomic mass is 32.1. The lowest BCUT2D eigenvalue weighted by Gasteiger charge is -2.34. The molecule has 0 bridgehead atoms. The third-order valence-corrected chi connectivity index (χ3v) is 5.24. The maximum atomic E-state index is 11.0. The van der Waals surface area contributed by atoms with E-state index in [0.29, 0.717) is 18.2 Å². The van der Waals surface area contributed by atoms with Gasteiger partial charge >= 0.3 is 5.97 Å². The molecule has 1 aromatic heterocycles. The zero-order valence-corrected chi connectivity index (χ0v) is 14.6. The number of carboxylic acid groups (broad SMARTS) is 1. The Morgan fingerprint density at radius 3 is 2.72 bits per heavy atom. The summed E-state index contributed by atoms with van der Waals surface area (Å²) in [6, 6.07) is 9.78. The van der Waals surface area contributed by atoms with Gasteiger partial charge in [-0.1, -0.05) is 12.1 Å². The van der Waals surface area contributed by atoms with Gasteiger partial charge in [0.05, 0.1) is 23.7 Å². The normalized spacial score (nSPS) is 14.8. The Morgan fingerprint density at radius 1 is 1.36 bits per heavy atom. The Balaban J connectivity index is 1.81. The lowest BCUT2D eigenvalue weighted by Crippen LogP contribution is -2.44. The molecule has 0 unspecified atom stereocenters. The molecule has 7 heteroatoms. The van der Waals surface area contributed by atoms with Crippen LogP contribution in [0, 0.1) is 11.3 Å². The second-order valence-corrected chi connectivity index (χ2v) is 6.86. The molecule has 0 radical (unpaired) electrons. The summed E-state index contributed by atoms with van der Waals surface area (Å²) in [6.07, 6.45) is 2.09. The van der Waals surface area contributed by atoms with E-state index in [-0.39, 0.29) is 6.42 Å². The molecular weight excluding hydrogens is 336 g/mol. The number of carbonyl (C=O) groups is 1. The van der Waals surface area contributed by atoms with Crippen LogP contribution in [0.4, 0.5) is 5.13 Å². The zero-order valence-electron chi connectivity index (χ0n) is 13.8. The van der Waals surface area contributed by atoms with Crippen LogP contribution in [0.3, 0.4) is 0 Å². The summed E-state index contributed by atoms with van der Waals surface area (Å²) in [5.41, 5.74) is 2.45. The zero-order chi connectivity index (χ0) is 17.6. The summed E-state index contributed by atoms with van der Waals surface area (Å²) in [5, 5.41) is 24.2. The largest absolute Gasteiger partial charge is 0.481 e. The summed E-state index contributed by atoms with van der Waals surface area (Å²) >= 11 is 1.54. The van der Waals surface area contributed by atoms with Crippen molar-refractivity contribution in [3.05, 3.63) is 35.2 Å². The summed E-state index contributed by atoms with van der Waals surface area (Å²) in [6.45, 7) is 2.37. The Morgan fingerprint density at radius 2 is 2.08 bits per heavy atom. The van der Waals surface area contributed by atoms with E-state index in [2.05, 4.69) is 16.3 Å². The summed E-state index contributed by atoms with van der Waals surface area (Å²) in [7, 11) is 0. The van der Waals surface area contributed by atoms with Gasteiger partial charge in [0.1, 0.15) is 0 Å². The van der Waals surface area contributed by atoms with Gasteiger partial charge in [-0.2, -0.15) is 5.26 Å².